The molecule has 0 aliphatic carbocycles. The highest BCUT2D eigenvalue weighted by atomic mass is 32.2. The number of halogens is 10. The summed E-state index contributed by atoms with van der Waals surface area (Å²) in [7, 11) is -11.0. The lowest BCUT2D eigenvalue weighted by molar-refractivity contribution is -0.914. The molecule has 3 aromatic rings. The first-order valence-corrected chi connectivity index (χ1v) is 17.1. The number of hydrogen-bond donors (Lipinski definition) is 0. The van der Waals surface area contributed by atoms with Crippen LogP contribution in [0.3, 0.4) is 0 Å². The lowest BCUT2D eigenvalue weighted by Crippen LogP contribution is -2.48. The van der Waals surface area contributed by atoms with Gasteiger partial charge >= 0.3 is 22.9 Å². The van der Waals surface area contributed by atoms with Gasteiger partial charge in [0.2, 0.25) is 0 Å². The molecule has 0 atom stereocenters. The molecule has 4 rings (SSSR count). The quantitative estimate of drug-likeness (QED) is 0.102. The first-order chi connectivity index (χ1) is 21.0. The van der Waals surface area contributed by atoms with E-state index in [-0.39, 0.29) is 0 Å². The molecule has 0 radical (unpaired) electrons. The van der Waals surface area contributed by atoms with Crippen molar-refractivity contribution in [3.05, 3.63) is 48.5 Å². The summed E-state index contributed by atoms with van der Waals surface area (Å²) in [5, 5.41) is -17.8. The fourth-order valence-electron chi connectivity index (χ4n) is 5.43. The number of hydrogen-bond acceptors (Lipinski definition) is 4. The van der Waals surface area contributed by atoms with E-state index in [9.17, 15) is 60.7 Å². The standard InChI is InChI=1S/C18H8F10O4S2.C11H24N/c19-15(20,21)17(25,26)33(29,30)13-9-5-1-2-6-10(9)14(12-8-4-3-7-11(12)13)34(31,32)18(27,28)16(22,23)24;1-3-4-6-9-12(2)10-7-5-8-11-12/h1-8H;3-11H2,1-2H3/q;+1. The number of nitrogens with zero attached hydrogens (tertiary/aromatic N) is 1. The van der Waals surface area contributed by atoms with Crippen LogP contribution in [0.4, 0.5) is 43.9 Å². The van der Waals surface area contributed by atoms with Gasteiger partial charge in [-0.05, 0) is 32.1 Å². The van der Waals surface area contributed by atoms with Gasteiger partial charge in [-0.3, -0.25) is 0 Å². The Kier molecular flexibility index (Phi) is 10.8. The zero-order valence-electron chi connectivity index (χ0n) is 24.7. The van der Waals surface area contributed by atoms with Crippen LogP contribution in [0.25, 0.3) is 21.5 Å². The van der Waals surface area contributed by atoms with Crippen LogP contribution < -0.4 is 0 Å². The lowest BCUT2D eigenvalue weighted by atomic mass is 10.0. The number of fused-ring (bicyclic) bond motifs is 2. The molecule has 5 nitrogen and oxygen atoms in total. The minimum absolute atomic E-state index is 0.506. The van der Waals surface area contributed by atoms with Crippen LogP contribution in [-0.4, -0.2) is 70.9 Å². The van der Waals surface area contributed by atoms with Crippen molar-refractivity contribution in [2.75, 3.05) is 26.7 Å². The van der Waals surface area contributed by atoms with Gasteiger partial charge in [0.15, 0.2) is 0 Å². The molecule has 0 bridgehead atoms. The summed E-state index contributed by atoms with van der Waals surface area (Å²) < 4.78 is 185. The average Bonchev–Trinajstić information content (AvgIpc) is 2.95. The topological polar surface area (TPSA) is 68.3 Å². The van der Waals surface area contributed by atoms with Crippen LogP contribution in [0.1, 0.15) is 45.4 Å². The molecule has 0 unspecified atom stereocenters. The van der Waals surface area contributed by atoms with Crippen molar-refractivity contribution < 1.29 is 65.2 Å². The molecule has 0 saturated carbocycles. The van der Waals surface area contributed by atoms with Crippen molar-refractivity contribution >= 4 is 41.2 Å². The van der Waals surface area contributed by atoms with Gasteiger partial charge in [0.1, 0.15) is 0 Å². The van der Waals surface area contributed by atoms with E-state index in [1.165, 1.54) is 62.6 Å². The van der Waals surface area contributed by atoms with E-state index >= 15 is 0 Å². The molecule has 1 heterocycles. The first-order valence-electron chi connectivity index (χ1n) is 14.1. The van der Waals surface area contributed by atoms with Crippen LogP contribution in [0.15, 0.2) is 58.3 Å². The Hall–Kier alpha value is -2.66. The second-order valence-corrected chi connectivity index (χ2v) is 15.2. The van der Waals surface area contributed by atoms with Crippen LogP contribution in [0, 0.1) is 0 Å². The van der Waals surface area contributed by atoms with Crippen LogP contribution >= 0.6 is 0 Å². The molecule has 3 aromatic carbocycles. The Labute approximate surface area is 259 Å². The number of benzene rings is 3. The molecule has 0 amide bonds. The van der Waals surface area contributed by atoms with E-state index in [0.717, 1.165) is 24.3 Å². The summed E-state index contributed by atoms with van der Waals surface area (Å²) in [5.41, 5.74) is 0. The fourth-order valence-corrected chi connectivity index (χ4v) is 8.42. The van der Waals surface area contributed by atoms with Gasteiger partial charge in [0, 0.05) is 21.5 Å². The zero-order chi connectivity index (χ0) is 35.0. The maximum atomic E-state index is 14.0. The molecule has 17 heteroatoms. The molecule has 46 heavy (non-hydrogen) atoms. The molecule has 1 saturated heterocycles. The SMILES string of the molecule is CCCCC[N+]1(C)CCCCC1.O=S(=O)(c1c2ccccc2c(S(=O)(=O)C(F)(F)C(F)(F)F)c2ccccc12)C(F)(F)C(F)(F)F. The van der Waals surface area contributed by atoms with Gasteiger partial charge in [-0.15, -0.1) is 0 Å². The molecule has 1 aliphatic rings. The number of unbranched alkanes of at least 4 members (excludes halogenated alkanes) is 2. The Morgan fingerprint density at radius 2 is 0.913 bits per heavy atom. The number of piperidine rings is 1. The first kappa shape index (κ1) is 37.8. The number of likely N-dealkylation sites (tertiary alicyclic amines) is 1. The van der Waals surface area contributed by atoms with Crippen LogP contribution in [-0.2, 0) is 19.7 Å². The minimum atomic E-state index is -6.74. The smallest absolute Gasteiger partial charge is 0.326 e. The monoisotopic (exact) mass is 712 g/mol. The van der Waals surface area contributed by atoms with Crippen molar-refractivity contribution in [3.8, 4) is 0 Å². The Morgan fingerprint density at radius 1 is 0.587 bits per heavy atom. The Morgan fingerprint density at radius 3 is 1.20 bits per heavy atom. The summed E-state index contributed by atoms with van der Waals surface area (Å²) >= 11 is 0. The van der Waals surface area contributed by atoms with Crippen LogP contribution in [0.2, 0.25) is 0 Å². The van der Waals surface area contributed by atoms with E-state index in [2.05, 4.69) is 14.0 Å². The van der Waals surface area contributed by atoms with Crippen LogP contribution in [0.5, 0.6) is 0 Å². The highest BCUT2D eigenvalue weighted by Gasteiger charge is 2.69. The predicted molar refractivity (Wildman–Crippen MR) is 152 cm³/mol. The molecule has 0 aromatic heterocycles. The summed E-state index contributed by atoms with van der Waals surface area (Å²) in [4.78, 5) is -3.59. The third-order valence-corrected chi connectivity index (χ3v) is 11.7. The average molecular weight is 713 g/mol. The molecule has 1 fully saturated rings. The van der Waals surface area contributed by atoms with E-state index in [0.29, 0.717) is 24.3 Å². The second-order valence-electron chi connectivity index (χ2n) is 11.3. The second kappa shape index (κ2) is 13.1. The van der Waals surface area contributed by atoms with E-state index in [1.54, 1.807) is 0 Å². The number of rotatable bonds is 8. The normalized spacial score (nSPS) is 16.7. The summed E-state index contributed by atoms with van der Waals surface area (Å²) in [5.74, 6) is 0. The molecule has 0 N–H and O–H groups in total. The minimum Gasteiger partial charge on any atom is -0.326 e. The van der Waals surface area contributed by atoms with E-state index < -0.39 is 73.9 Å². The Balaban J connectivity index is 0.000000402. The highest BCUT2D eigenvalue weighted by Crippen LogP contribution is 2.51. The molecular weight excluding hydrogens is 680 g/mol. The lowest BCUT2D eigenvalue weighted by Gasteiger charge is -2.37. The van der Waals surface area contributed by atoms with Gasteiger partial charge < -0.3 is 4.48 Å². The van der Waals surface area contributed by atoms with Crippen molar-refractivity contribution in [1.29, 1.82) is 0 Å². The number of alkyl halides is 10. The summed E-state index contributed by atoms with van der Waals surface area (Å²) in [6, 6.07) is 5.36. The van der Waals surface area contributed by atoms with Gasteiger partial charge in [0.25, 0.3) is 19.7 Å². The fraction of sp³-hybridized carbons (Fsp3) is 0.517. The summed E-state index contributed by atoms with van der Waals surface area (Å²) in [6.45, 7) is 6.58. The highest BCUT2D eigenvalue weighted by molar-refractivity contribution is 7.93. The van der Waals surface area contributed by atoms with Crippen molar-refractivity contribution in [3.63, 3.8) is 0 Å². The third-order valence-electron chi connectivity index (χ3n) is 7.90. The summed E-state index contributed by atoms with van der Waals surface area (Å²) in [6.07, 6.45) is -4.68. The van der Waals surface area contributed by atoms with Crippen molar-refractivity contribution in [1.82, 2.24) is 0 Å². The van der Waals surface area contributed by atoms with Gasteiger partial charge in [0.05, 0.1) is 36.5 Å². The van der Waals surface area contributed by atoms with Gasteiger partial charge in [-0.25, -0.2) is 16.8 Å². The van der Waals surface area contributed by atoms with E-state index in [1.807, 2.05) is 0 Å². The number of sulfone groups is 2. The Bertz CT molecular complexity index is 1590. The largest absolute Gasteiger partial charge is 0.469 e. The van der Waals surface area contributed by atoms with Crippen molar-refractivity contribution in [2.45, 2.75) is 78.1 Å². The predicted octanol–water partition coefficient (Wildman–Crippen LogP) is 8.66. The van der Waals surface area contributed by atoms with Gasteiger partial charge in [-0.1, -0.05) is 61.9 Å². The van der Waals surface area contributed by atoms with Gasteiger partial charge in [-0.2, -0.15) is 43.9 Å². The molecule has 0 spiro atoms. The molecule has 1 aliphatic heterocycles. The molecular formula is C29H32F10NO4S2+. The zero-order valence-corrected chi connectivity index (χ0v) is 26.3. The maximum absolute atomic E-state index is 14.0. The number of quaternary nitrogens is 1. The molecule has 258 valence electrons. The van der Waals surface area contributed by atoms with Crippen molar-refractivity contribution in [2.24, 2.45) is 0 Å². The maximum Gasteiger partial charge on any atom is 0.469 e. The van der Waals surface area contributed by atoms with E-state index in [4.69, 9.17) is 0 Å². The third kappa shape index (κ3) is 6.82.